The Morgan fingerprint density at radius 1 is 1.33 bits per heavy atom. The summed E-state index contributed by atoms with van der Waals surface area (Å²) < 4.78 is 5.66. The number of hydrogen-bond acceptors (Lipinski definition) is 4. The normalized spacial score (nSPS) is 29.4. The number of carbonyl (C=O) groups is 1. The first-order valence-corrected chi connectivity index (χ1v) is 8.26. The number of hydrogen-bond donors (Lipinski definition) is 2. The molecule has 0 aliphatic heterocycles. The highest BCUT2D eigenvalue weighted by Gasteiger charge is 2.40. The average Bonchev–Trinajstić information content (AvgIpc) is 2.49. The molecule has 2 bridgehead atoms. The minimum absolute atomic E-state index is 0. The van der Waals surface area contributed by atoms with Gasteiger partial charge in [0, 0.05) is 18.3 Å². The van der Waals surface area contributed by atoms with Crippen LogP contribution >= 0.6 is 24.8 Å². The zero-order valence-electron chi connectivity index (χ0n) is 13.9. The molecule has 0 saturated heterocycles. The van der Waals surface area contributed by atoms with Gasteiger partial charge in [0.15, 0.2) is 6.10 Å². The molecule has 2 aliphatic rings. The van der Waals surface area contributed by atoms with Crippen LogP contribution in [0.3, 0.4) is 0 Å². The quantitative estimate of drug-likeness (QED) is 0.847. The standard InChI is InChI=1S/C17H25N3O2.2ClH/c1-11(22-15-6-3-7-19-10-15)17(21)20-16-12-4-2-5-13(16)9-14(18)8-12;;/h3,6-7,10-14,16H,2,4-5,8-9,18H2,1H3,(H,20,21);2*1H. The van der Waals surface area contributed by atoms with Gasteiger partial charge in [-0.25, -0.2) is 0 Å². The van der Waals surface area contributed by atoms with Gasteiger partial charge in [0.25, 0.3) is 5.91 Å². The van der Waals surface area contributed by atoms with Crippen molar-refractivity contribution in [3.05, 3.63) is 24.5 Å². The van der Waals surface area contributed by atoms with Gasteiger partial charge in [-0.2, -0.15) is 0 Å². The molecule has 3 atom stereocenters. The summed E-state index contributed by atoms with van der Waals surface area (Å²) in [6, 6.07) is 4.17. The molecule has 0 aromatic carbocycles. The largest absolute Gasteiger partial charge is 0.479 e. The van der Waals surface area contributed by atoms with E-state index in [0.717, 1.165) is 12.8 Å². The van der Waals surface area contributed by atoms with E-state index in [0.29, 0.717) is 23.6 Å². The van der Waals surface area contributed by atoms with E-state index in [-0.39, 0.29) is 36.8 Å². The maximum Gasteiger partial charge on any atom is 0.261 e. The Hall–Kier alpha value is -1.04. The van der Waals surface area contributed by atoms with Crippen LogP contribution in [-0.4, -0.2) is 29.1 Å². The number of nitrogens with two attached hydrogens (primary N) is 1. The maximum absolute atomic E-state index is 12.4. The van der Waals surface area contributed by atoms with Crippen molar-refractivity contribution in [2.24, 2.45) is 17.6 Å². The lowest BCUT2D eigenvalue weighted by Crippen LogP contribution is -2.55. The molecule has 5 nitrogen and oxygen atoms in total. The Labute approximate surface area is 155 Å². The number of rotatable bonds is 4. The molecule has 1 amide bonds. The smallest absolute Gasteiger partial charge is 0.261 e. The van der Waals surface area contributed by atoms with Crippen molar-refractivity contribution in [2.45, 2.75) is 57.2 Å². The van der Waals surface area contributed by atoms with Gasteiger partial charge < -0.3 is 15.8 Å². The van der Waals surface area contributed by atoms with Crippen LogP contribution in [-0.2, 0) is 4.79 Å². The van der Waals surface area contributed by atoms with Crippen LogP contribution in [0.4, 0.5) is 0 Å². The van der Waals surface area contributed by atoms with E-state index < -0.39 is 6.10 Å². The summed E-state index contributed by atoms with van der Waals surface area (Å²) in [6.07, 6.45) is 8.46. The molecule has 2 fully saturated rings. The van der Waals surface area contributed by atoms with E-state index in [1.165, 1.54) is 19.3 Å². The van der Waals surface area contributed by atoms with Crippen LogP contribution in [0.5, 0.6) is 5.75 Å². The number of halogens is 2. The first-order valence-electron chi connectivity index (χ1n) is 8.26. The molecule has 2 saturated carbocycles. The Balaban J connectivity index is 0.00000144. The fourth-order valence-electron chi connectivity index (χ4n) is 3.98. The van der Waals surface area contributed by atoms with Gasteiger partial charge in [-0.05, 0) is 56.6 Å². The second kappa shape index (κ2) is 9.44. The van der Waals surface area contributed by atoms with E-state index in [1.807, 2.05) is 6.07 Å². The predicted molar refractivity (Wildman–Crippen MR) is 98.8 cm³/mol. The topological polar surface area (TPSA) is 77.2 Å². The van der Waals surface area contributed by atoms with Crippen LogP contribution in [0.15, 0.2) is 24.5 Å². The van der Waals surface area contributed by atoms with Crippen molar-refractivity contribution in [3.8, 4) is 5.75 Å². The van der Waals surface area contributed by atoms with E-state index >= 15 is 0 Å². The lowest BCUT2D eigenvalue weighted by molar-refractivity contribution is -0.129. The van der Waals surface area contributed by atoms with Crippen LogP contribution in [0.1, 0.15) is 39.0 Å². The Morgan fingerprint density at radius 3 is 2.58 bits per heavy atom. The Kier molecular flexibility index (Phi) is 8.27. The minimum atomic E-state index is -0.513. The number of pyridine rings is 1. The van der Waals surface area contributed by atoms with Gasteiger partial charge in [-0.3, -0.25) is 9.78 Å². The number of carbonyl (C=O) groups excluding carboxylic acids is 1. The molecule has 0 radical (unpaired) electrons. The molecule has 136 valence electrons. The summed E-state index contributed by atoms with van der Waals surface area (Å²) in [5.74, 6) is 1.63. The average molecular weight is 376 g/mol. The number of ether oxygens (including phenoxy) is 1. The molecular formula is C17H27Cl2N3O2. The summed E-state index contributed by atoms with van der Waals surface area (Å²) >= 11 is 0. The van der Waals surface area contributed by atoms with Gasteiger partial charge in [-0.1, -0.05) is 6.42 Å². The lowest BCUT2D eigenvalue weighted by atomic mass is 9.67. The summed E-state index contributed by atoms with van der Waals surface area (Å²) in [6.45, 7) is 1.78. The maximum atomic E-state index is 12.4. The number of nitrogens with one attached hydrogen (secondary N) is 1. The highest BCUT2D eigenvalue weighted by molar-refractivity contribution is 5.85. The summed E-state index contributed by atoms with van der Waals surface area (Å²) in [7, 11) is 0. The number of amides is 1. The Morgan fingerprint density at radius 2 is 2.00 bits per heavy atom. The van der Waals surface area contributed by atoms with E-state index in [2.05, 4.69) is 10.3 Å². The van der Waals surface area contributed by atoms with Crippen LogP contribution in [0, 0.1) is 11.8 Å². The zero-order chi connectivity index (χ0) is 15.5. The van der Waals surface area contributed by atoms with Crippen LogP contribution in [0.25, 0.3) is 0 Å². The van der Waals surface area contributed by atoms with Crippen molar-refractivity contribution in [3.63, 3.8) is 0 Å². The third-order valence-corrected chi connectivity index (χ3v) is 5.00. The minimum Gasteiger partial charge on any atom is -0.479 e. The van der Waals surface area contributed by atoms with E-state index in [9.17, 15) is 4.79 Å². The molecule has 24 heavy (non-hydrogen) atoms. The highest BCUT2D eigenvalue weighted by Crippen LogP contribution is 2.39. The van der Waals surface area contributed by atoms with Crippen molar-refractivity contribution >= 4 is 30.7 Å². The molecule has 1 aromatic rings. The third kappa shape index (κ3) is 4.98. The van der Waals surface area contributed by atoms with Crippen LogP contribution in [0.2, 0.25) is 0 Å². The van der Waals surface area contributed by atoms with Crippen molar-refractivity contribution in [2.75, 3.05) is 0 Å². The number of fused-ring (bicyclic) bond motifs is 2. The van der Waals surface area contributed by atoms with Crippen LogP contribution < -0.4 is 15.8 Å². The van der Waals surface area contributed by atoms with Gasteiger partial charge in [0.05, 0.1) is 6.20 Å². The SMILES string of the molecule is CC(Oc1cccnc1)C(=O)NC1C2CCCC1CC(N)C2.Cl.Cl. The fraction of sp³-hybridized carbons (Fsp3) is 0.647. The van der Waals surface area contributed by atoms with E-state index in [4.69, 9.17) is 10.5 Å². The molecule has 1 heterocycles. The second-order valence-electron chi connectivity index (χ2n) is 6.67. The van der Waals surface area contributed by atoms with Gasteiger partial charge in [0.2, 0.25) is 0 Å². The molecule has 1 aromatic heterocycles. The first kappa shape index (κ1) is 21.0. The van der Waals surface area contributed by atoms with Crippen molar-refractivity contribution in [1.82, 2.24) is 10.3 Å². The third-order valence-electron chi connectivity index (χ3n) is 5.00. The van der Waals surface area contributed by atoms with Crippen molar-refractivity contribution in [1.29, 1.82) is 0 Å². The second-order valence-corrected chi connectivity index (χ2v) is 6.67. The summed E-state index contributed by atoms with van der Waals surface area (Å²) in [4.78, 5) is 16.4. The lowest BCUT2D eigenvalue weighted by Gasteiger charge is -2.45. The molecule has 3 unspecified atom stereocenters. The Bertz CT molecular complexity index is 504. The highest BCUT2D eigenvalue weighted by atomic mass is 35.5. The van der Waals surface area contributed by atoms with E-state index in [1.54, 1.807) is 25.4 Å². The first-order chi connectivity index (χ1) is 10.6. The summed E-state index contributed by atoms with van der Waals surface area (Å²) in [5.41, 5.74) is 6.14. The number of nitrogens with zero attached hydrogens (tertiary/aromatic N) is 1. The molecule has 7 heteroatoms. The van der Waals surface area contributed by atoms with Gasteiger partial charge in [-0.15, -0.1) is 24.8 Å². The van der Waals surface area contributed by atoms with Gasteiger partial charge >= 0.3 is 0 Å². The van der Waals surface area contributed by atoms with Crippen molar-refractivity contribution < 1.29 is 9.53 Å². The predicted octanol–water partition coefficient (Wildman–Crippen LogP) is 2.71. The molecular weight excluding hydrogens is 349 g/mol. The molecule has 0 spiro atoms. The molecule has 3 rings (SSSR count). The zero-order valence-corrected chi connectivity index (χ0v) is 15.5. The fourth-order valence-corrected chi connectivity index (χ4v) is 3.98. The van der Waals surface area contributed by atoms with Gasteiger partial charge in [0.1, 0.15) is 5.75 Å². The summed E-state index contributed by atoms with van der Waals surface area (Å²) in [5, 5.41) is 3.22. The monoisotopic (exact) mass is 375 g/mol. The molecule has 3 N–H and O–H groups in total. The molecule has 2 aliphatic carbocycles. The number of aromatic nitrogens is 1.